The van der Waals surface area contributed by atoms with E-state index in [0.29, 0.717) is 31.6 Å². The van der Waals surface area contributed by atoms with Crippen molar-refractivity contribution in [3.8, 4) is 0 Å². The van der Waals surface area contributed by atoms with E-state index in [2.05, 4.69) is 72.8 Å². The van der Waals surface area contributed by atoms with Crippen molar-refractivity contribution in [2.45, 2.75) is 362 Å². The van der Waals surface area contributed by atoms with Gasteiger partial charge < -0.3 is 33.8 Å². The fraction of sp³-hybridized carbons (Fsp3) is 0.890. The zero-order valence-electron chi connectivity index (χ0n) is 59.5. The number of rotatable bonds is 69. The van der Waals surface area contributed by atoms with Gasteiger partial charge in [-0.05, 0) is 69.1 Å². The van der Waals surface area contributed by atoms with Crippen LogP contribution >= 0.6 is 15.6 Å². The summed E-state index contributed by atoms with van der Waals surface area (Å²) in [5.74, 6) is 0.0488. The smallest absolute Gasteiger partial charge is 0.462 e. The molecule has 0 bridgehead atoms. The summed E-state index contributed by atoms with van der Waals surface area (Å²) in [6, 6.07) is 0. The number of carbonyl (C=O) groups excluding carboxylic acids is 4. The third kappa shape index (κ3) is 66.2. The summed E-state index contributed by atoms with van der Waals surface area (Å²) in [4.78, 5) is 72.6. The number of aliphatic hydroxyl groups excluding tert-OH is 1. The highest BCUT2D eigenvalue weighted by Crippen LogP contribution is 2.45. The number of phosphoric ester groups is 2. The molecule has 3 N–H and O–H groups in total. The molecule has 0 amide bonds. The number of hydrogen-bond acceptors (Lipinski definition) is 15. The van der Waals surface area contributed by atoms with E-state index in [4.69, 9.17) is 37.0 Å². The first-order valence-corrected chi connectivity index (χ1v) is 40.2. The Labute approximate surface area is 561 Å². The number of phosphoric acid groups is 2. The van der Waals surface area contributed by atoms with Crippen LogP contribution in [0.15, 0.2) is 24.3 Å². The SMILES string of the molecule is CCCCCC/C=C\C=C/CCCCCCCC(=O)O[C@H](COC(=O)CCCCCCCCCCCC(C)C)COP(=O)(O)OC[C@@H](O)COP(=O)(O)OC[C@@H](COC(=O)CCCCCCCCC(C)C)OC(=O)CCCCCCCCCCCCCCCC(C)C. The van der Waals surface area contributed by atoms with Crippen molar-refractivity contribution in [3.05, 3.63) is 24.3 Å². The number of ether oxygens (including phenoxy) is 4. The number of esters is 4. The van der Waals surface area contributed by atoms with Crippen LogP contribution in [0, 0.1) is 17.8 Å². The van der Waals surface area contributed by atoms with Crippen molar-refractivity contribution >= 4 is 39.5 Å². The zero-order valence-corrected chi connectivity index (χ0v) is 61.3. The van der Waals surface area contributed by atoms with Crippen molar-refractivity contribution in [3.63, 3.8) is 0 Å². The van der Waals surface area contributed by atoms with Gasteiger partial charge in [0.25, 0.3) is 0 Å². The molecule has 542 valence electrons. The Morgan fingerprint density at radius 1 is 0.337 bits per heavy atom. The van der Waals surface area contributed by atoms with Crippen LogP contribution in [0.25, 0.3) is 0 Å². The van der Waals surface area contributed by atoms with E-state index in [0.717, 1.165) is 121 Å². The summed E-state index contributed by atoms with van der Waals surface area (Å²) >= 11 is 0. The van der Waals surface area contributed by atoms with Crippen molar-refractivity contribution < 1.29 is 80.2 Å². The largest absolute Gasteiger partial charge is 0.472 e. The number of allylic oxidation sites excluding steroid dienone is 4. The Kier molecular flexibility index (Phi) is 61.6. The summed E-state index contributed by atoms with van der Waals surface area (Å²) in [5.41, 5.74) is 0. The molecule has 0 spiro atoms. The van der Waals surface area contributed by atoms with E-state index in [1.54, 1.807) is 0 Å². The molecule has 0 aliphatic rings. The van der Waals surface area contributed by atoms with Crippen molar-refractivity contribution in [2.75, 3.05) is 39.6 Å². The Balaban J connectivity index is 5.27. The molecular formula is C73H138O17P2. The minimum atomic E-state index is -4.96. The molecule has 0 radical (unpaired) electrons. The molecule has 19 heteroatoms. The summed E-state index contributed by atoms with van der Waals surface area (Å²) in [6.07, 6.45) is 50.9. The van der Waals surface area contributed by atoms with Crippen LogP contribution in [-0.2, 0) is 65.4 Å². The van der Waals surface area contributed by atoms with Gasteiger partial charge in [0.2, 0.25) is 0 Å². The maximum absolute atomic E-state index is 13.0. The molecule has 0 aromatic carbocycles. The maximum Gasteiger partial charge on any atom is 0.472 e. The van der Waals surface area contributed by atoms with Gasteiger partial charge >= 0.3 is 39.5 Å². The van der Waals surface area contributed by atoms with Crippen molar-refractivity contribution in [1.29, 1.82) is 0 Å². The summed E-state index contributed by atoms with van der Waals surface area (Å²) in [6.45, 7) is 11.7. The molecule has 0 saturated carbocycles. The van der Waals surface area contributed by atoms with Crippen molar-refractivity contribution in [2.24, 2.45) is 17.8 Å². The van der Waals surface area contributed by atoms with Crippen molar-refractivity contribution in [1.82, 2.24) is 0 Å². The minimum Gasteiger partial charge on any atom is -0.462 e. The Morgan fingerprint density at radius 3 is 0.880 bits per heavy atom. The van der Waals surface area contributed by atoms with E-state index < -0.39 is 97.5 Å². The van der Waals surface area contributed by atoms with Gasteiger partial charge in [0.15, 0.2) is 12.2 Å². The maximum atomic E-state index is 13.0. The third-order valence-electron chi connectivity index (χ3n) is 16.3. The Bertz CT molecular complexity index is 1890. The monoisotopic (exact) mass is 1350 g/mol. The standard InChI is InChI=1S/C73H138O17P2/c1-8-9-10-11-12-13-14-15-16-19-22-27-33-42-49-56-72(77)89-68(60-83-70(75)54-47-40-32-29-24-26-31-38-45-52-65(4)5)62-87-91(79,80)85-58-67(74)59-86-92(81,82)88-63-69(61-84-71(76)55-48-41-36-35-39-46-53-66(6)7)90-73(78)57-50-43-34-28-23-20-17-18-21-25-30-37-44-51-64(2)3/h13-16,64-69,74H,8-12,17-63H2,1-7H3,(H,79,80)(H,81,82)/b14-13-,16-15-/t67-,68-,69-/m1/s1. The second-order valence-corrected chi connectivity index (χ2v) is 30.0. The van der Waals surface area contributed by atoms with Crippen LogP contribution < -0.4 is 0 Å². The molecule has 0 aliphatic carbocycles. The van der Waals surface area contributed by atoms with Gasteiger partial charge in [-0.2, -0.15) is 0 Å². The fourth-order valence-corrected chi connectivity index (χ4v) is 12.1. The summed E-state index contributed by atoms with van der Waals surface area (Å²) < 4.78 is 68.3. The lowest BCUT2D eigenvalue weighted by Gasteiger charge is -2.21. The molecule has 0 saturated heterocycles. The quantitative estimate of drug-likeness (QED) is 0.0169. The number of aliphatic hydroxyl groups is 1. The van der Waals surface area contributed by atoms with Gasteiger partial charge in [0.05, 0.1) is 26.4 Å². The van der Waals surface area contributed by atoms with Crippen LogP contribution in [0.4, 0.5) is 0 Å². The van der Waals surface area contributed by atoms with E-state index >= 15 is 0 Å². The average Bonchev–Trinajstić information content (AvgIpc) is 1.44. The van der Waals surface area contributed by atoms with E-state index in [1.807, 2.05) is 0 Å². The highest BCUT2D eigenvalue weighted by atomic mass is 31.2. The van der Waals surface area contributed by atoms with Gasteiger partial charge in [-0.1, -0.05) is 291 Å². The first kappa shape index (κ1) is 89.5. The van der Waals surface area contributed by atoms with E-state index in [-0.39, 0.29) is 25.7 Å². The lowest BCUT2D eigenvalue weighted by atomic mass is 10.0. The molecule has 0 rings (SSSR count). The van der Waals surface area contributed by atoms with Crippen LogP contribution in [0.2, 0.25) is 0 Å². The molecule has 17 nitrogen and oxygen atoms in total. The second kappa shape index (κ2) is 63.3. The van der Waals surface area contributed by atoms with Gasteiger partial charge in [-0.25, -0.2) is 9.13 Å². The Morgan fingerprint density at radius 2 is 0.587 bits per heavy atom. The van der Waals surface area contributed by atoms with Gasteiger partial charge in [0, 0.05) is 25.7 Å². The molecule has 0 fully saturated rings. The predicted octanol–water partition coefficient (Wildman–Crippen LogP) is 20.6. The highest BCUT2D eigenvalue weighted by molar-refractivity contribution is 7.47. The summed E-state index contributed by atoms with van der Waals surface area (Å²) in [7, 11) is -9.92. The lowest BCUT2D eigenvalue weighted by molar-refractivity contribution is -0.161. The molecule has 0 aromatic rings. The molecule has 0 heterocycles. The zero-order chi connectivity index (χ0) is 68.0. The van der Waals surface area contributed by atoms with Crippen LogP contribution in [0.5, 0.6) is 0 Å². The second-order valence-electron chi connectivity index (χ2n) is 27.1. The van der Waals surface area contributed by atoms with Crippen LogP contribution in [0.3, 0.4) is 0 Å². The predicted molar refractivity (Wildman–Crippen MR) is 372 cm³/mol. The molecule has 2 unspecified atom stereocenters. The number of hydrogen-bond donors (Lipinski definition) is 3. The van der Waals surface area contributed by atoms with E-state index in [1.165, 1.54) is 135 Å². The highest BCUT2D eigenvalue weighted by Gasteiger charge is 2.30. The van der Waals surface area contributed by atoms with Crippen LogP contribution in [0.1, 0.15) is 344 Å². The number of unbranched alkanes of at least 4 members (excludes halogenated alkanes) is 34. The molecule has 5 atom stereocenters. The van der Waals surface area contributed by atoms with Gasteiger partial charge in [-0.3, -0.25) is 37.3 Å². The third-order valence-corrected chi connectivity index (χ3v) is 18.2. The molecular weight excluding hydrogens is 1210 g/mol. The van der Waals surface area contributed by atoms with Crippen LogP contribution in [-0.4, -0.2) is 96.7 Å². The fourth-order valence-electron chi connectivity index (χ4n) is 10.5. The molecule has 0 aromatic heterocycles. The first-order valence-electron chi connectivity index (χ1n) is 37.2. The topological polar surface area (TPSA) is 237 Å². The van der Waals surface area contributed by atoms with E-state index in [9.17, 15) is 43.2 Å². The van der Waals surface area contributed by atoms with Gasteiger partial charge in [-0.15, -0.1) is 0 Å². The lowest BCUT2D eigenvalue weighted by Crippen LogP contribution is -2.30. The normalized spacial score (nSPS) is 14.3. The minimum absolute atomic E-state index is 0.0842. The first-order chi connectivity index (χ1) is 44.2. The number of carbonyl (C=O) groups is 4. The van der Waals surface area contributed by atoms with Gasteiger partial charge in [0.1, 0.15) is 19.3 Å². The summed E-state index contributed by atoms with van der Waals surface area (Å²) in [5, 5.41) is 10.6. The average molecular weight is 1350 g/mol. The molecule has 0 aliphatic heterocycles. The Hall–Kier alpha value is -2.46. The molecule has 92 heavy (non-hydrogen) atoms.